The lowest BCUT2D eigenvalue weighted by atomic mass is 9.79. The number of cyclic esters (lactones) is 1. The molecule has 2 bridgehead atoms. The van der Waals surface area contributed by atoms with Gasteiger partial charge in [0.2, 0.25) is 0 Å². The smallest absolute Gasteiger partial charge is 0.311 e. The van der Waals surface area contributed by atoms with Gasteiger partial charge >= 0.3 is 5.97 Å². The first-order valence-electron chi connectivity index (χ1n) is 18.1. The van der Waals surface area contributed by atoms with Gasteiger partial charge in [-0.15, -0.1) is 0 Å². The zero-order valence-electron chi connectivity index (χ0n) is 31.9. The molecule has 4 aliphatic heterocycles. The van der Waals surface area contributed by atoms with Crippen LogP contribution < -0.4 is 0 Å². The van der Waals surface area contributed by atoms with Gasteiger partial charge in [0.25, 0.3) is 0 Å². The van der Waals surface area contributed by atoms with Crippen molar-refractivity contribution >= 4 is 11.8 Å². The summed E-state index contributed by atoms with van der Waals surface area (Å²) in [6, 6.07) is -0.215. The summed E-state index contributed by atoms with van der Waals surface area (Å²) < 4.78 is 44.9. The van der Waals surface area contributed by atoms with Crippen LogP contribution in [0.25, 0.3) is 0 Å². The normalized spacial score (nSPS) is 47.3. The van der Waals surface area contributed by atoms with Gasteiger partial charge in [-0.1, -0.05) is 20.8 Å². The van der Waals surface area contributed by atoms with Gasteiger partial charge in [-0.3, -0.25) is 9.59 Å². The highest BCUT2D eigenvalue weighted by Crippen LogP contribution is 2.47. The summed E-state index contributed by atoms with van der Waals surface area (Å²) >= 11 is 0. The summed E-state index contributed by atoms with van der Waals surface area (Å²) in [6.45, 7) is 18.6. The number of ether oxygens (including phenoxy) is 7. The Morgan fingerprint density at radius 2 is 1.61 bits per heavy atom. The summed E-state index contributed by atoms with van der Waals surface area (Å²) in [5.74, 6) is -2.50. The Morgan fingerprint density at radius 3 is 2.18 bits per heavy atom. The number of aliphatic hydroxyl groups is 2. The maximum absolute atomic E-state index is 14.3. The van der Waals surface area contributed by atoms with Crippen molar-refractivity contribution < 1.29 is 53.0 Å². The molecule has 4 heterocycles. The van der Waals surface area contributed by atoms with Crippen LogP contribution in [-0.4, -0.2) is 121 Å². The fraction of sp³-hybridized carbons (Fsp3) is 0.892. The van der Waals surface area contributed by atoms with Crippen LogP contribution >= 0.6 is 0 Å². The molecule has 0 aromatic carbocycles. The summed E-state index contributed by atoms with van der Waals surface area (Å²) in [5, 5.41) is 22.2. The molecule has 12 heteroatoms. The molecule has 49 heavy (non-hydrogen) atoms. The van der Waals surface area contributed by atoms with Crippen molar-refractivity contribution in [1.82, 2.24) is 4.90 Å². The average Bonchev–Trinajstić information content (AvgIpc) is 3.36. The lowest BCUT2D eigenvalue weighted by Gasteiger charge is -2.47. The Morgan fingerprint density at radius 1 is 0.959 bits per heavy atom. The number of Topliss-reactive ketones (excluding diaryl/α,β-unsaturated/α-hetero) is 1. The van der Waals surface area contributed by atoms with Crippen molar-refractivity contribution in [2.45, 2.75) is 167 Å². The number of hydrogen-bond donors (Lipinski definition) is 2. The Hall–Kier alpha value is -1.64. The largest absolute Gasteiger partial charge is 0.488 e. The van der Waals surface area contributed by atoms with Gasteiger partial charge < -0.3 is 48.3 Å². The minimum atomic E-state index is -1.45. The van der Waals surface area contributed by atoms with Crippen molar-refractivity contribution in [3.05, 3.63) is 11.3 Å². The van der Waals surface area contributed by atoms with Crippen LogP contribution in [0.5, 0.6) is 0 Å². The van der Waals surface area contributed by atoms with E-state index in [1.165, 1.54) is 7.11 Å². The van der Waals surface area contributed by atoms with E-state index in [-0.39, 0.29) is 23.8 Å². The molecule has 2 N–H and O–H groups in total. The maximum atomic E-state index is 14.3. The Kier molecular flexibility index (Phi) is 12.7. The van der Waals surface area contributed by atoms with Gasteiger partial charge in [0.1, 0.15) is 29.7 Å². The third-order valence-electron chi connectivity index (χ3n) is 11.6. The van der Waals surface area contributed by atoms with Crippen molar-refractivity contribution in [2.24, 2.45) is 23.7 Å². The Labute approximate surface area is 293 Å². The first kappa shape index (κ1) is 40.1. The number of allylic oxidation sites excluding steroid dienone is 1. The van der Waals surface area contributed by atoms with Crippen molar-refractivity contribution in [2.75, 3.05) is 21.2 Å². The van der Waals surface area contributed by atoms with Crippen LogP contribution in [0.3, 0.4) is 0 Å². The van der Waals surface area contributed by atoms with E-state index in [1.54, 1.807) is 27.7 Å². The molecule has 3 saturated heterocycles. The lowest BCUT2D eigenvalue weighted by molar-refractivity contribution is -0.308. The Bertz CT molecular complexity index is 1200. The predicted molar refractivity (Wildman–Crippen MR) is 181 cm³/mol. The van der Waals surface area contributed by atoms with Gasteiger partial charge in [-0.25, -0.2) is 0 Å². The van der Waals surface area contributed by atoms with E-state index < -0.39 is 84.1 Å². The maximum Gasteiger partial charge on any atom is 0.311 e. The second-order valence-electron chi connectivity index (χ2n) is 15.8. The van der Waals surface area contributed by atoms with Crippen molar-refractivity contribution in [3.8, 4) is 0 Å². The SMILES string of the molecule is CC[C@H]1OC(=O)[C@H](C)[C@@H](O[C@H]2C[C@H](C)[C@@H](O)[C@H](C)O2)[C@H](C)[C@@H](O[C@@H]2O[C@H](C)C[C@H](N(C)C)[C@H]2O)[C@@]2(C)CC(C)=C(O2)[C@H](C)C(=O)[C@]1(C)OC. The van der Waals surface area contributed by atoms with Crippen LogP contribution in [0.1, 0.15) is 94.9 Å². The van der Waals surface area contributed by atoms with E-state index in [9.17, 15) is 19.8 Å². The summed E-state index contributed by atoms with van der Waals surface area (Å²) in [6.07, 6.45) is -4.72. The number of rotatable bonds is 7. The predicted octanol–water partition coefficient (Wildman–Crippen LogP) is 3.99. The number of carbonyl (C=O) groups is 2. The molecule has 282 valence electrons. The minimum absolute atomic E-state index is 0.104. The number of hydrogen-bond acceptors (Lipinski definition) is 12. The second-order valence-corrected chi connectivity index (χ2v) is 15.8. The fourth-order valence-electron chi connectivity index (χ4n) is 8.55. The molecule has 0 aromatic heterocycles. The van der Waals surface area contributed by atoms with Crippen LogP contribution in [0.15, 0.2) is 11.3 Å². The summed E-state index contributed by atoms with van der Waals surface area (Å²) in [7, 11) is 5.29. The molecule has 4 rings (SSSR count). The van der Waals surface area contributed by atoms with Gasteiger partial charge in [0, 0.05) is 31.9 Å². The molecular weight excluding hydrogens is 634 g/mol. The quantitative estimate of drug-likeness (QED) is 0.372. The van der Waals surface area contributed by atoms with E-state index in [1.807, 2.05) is 60.5 Å². The zero-order valence-corrected chi connectivity index (χ0v) is 31.9. The van der Waals surface area contributed by atoms with Crippen LogP contribution in [0, 0.1) is 23.7 Å². The number of methoxy groups -OCH3 is 1. The van der Waals surface area contributed by atoms with Crippen molar-refractivity contribution in [3.63, 3.8) is 0 Å². The molecule has 0 aliphatic carbocycles. The number of fused-ring (bicyclic) bond motifs is 2. The minimum Gasteiger partial charge on any atom is -0.488 e. The molecular formula is C37H63NO11. The third kappa shape index (κ3) is 7.91. The highest BCUT2D eigenvalue weighted by Gasteiger charge is 2.56. The molecule has 12 nitrogen and oxygen atoms in total. The molecule has 4 aliphatic rings. The third-order valence-corrected chi connectivity index (χ3v) is 11.6. The second kappa shape index (κ2) is 15.5. The van der Waals surface area contributed by atoms with Crippen LogP contribution in [0.2, 0.25) is 0 Å². The number of carbonyl (C=O) groups excluding carboxylic acids is 2. The van der Waals surface area contributed by atoms with Gasteiger partial charge in [-0.05, 0) is 86.9 Å². The molecule has 0 spiro atoms. The van der Waals surface area contributed by atoms with E-state index in [0.29, 0.717) is 31.4 Å². The highest BCUT2D eigenvalue weighted by atomic mass is 16.7. The Balaban J connectivity index is 1.84. The summed E-state index contributed by atoms with van der Waals surface area (Å²) in [4.78, 5) is 30.4. The standard InChI is InChI=1S/C37H63NO11/c1-14-26-37(10,43-13)32(41)21(5)30-19(3)17-36(9,49-30)33(48-35-29(40)25(38(11)12)16-20(4)44-35)22(6)31(23(7)34(42)46-26)47-27-15-18(2)28(39)24(8)45-27/h18,20-29,31,33,35,39-40H,14-17H2,1-13H3/t18-,20+,21-,22-,23+,24-,25-,26+,27-,28+,29+,31-,33+,35-,36+,37+/m0/s1. The van der Waals surface area contributed by atoms with E-state index >= 15 is 0 Å². The van der Waals surface area contributed by atoms with Gasteiger partial charge in [-0.2, -0.15) is 0 Å². The zero-order chi connectivity index (χ0) is 36.7. The fourth-order valence-corrected chi connectivity index (χ4v) is 8.55. The summed E-state index contributed by atoms with van der Waals surface area (Å²) in [5.41, 5.74) is -1.59. The first-order valence-corrected chi connectivity index (χ1v) is 18.1. The first-order chi connectivity index (χ1) is 22.8. The topological polar surface area (TPSA) is 142 Å². The molecule has 16 atom stereocenters. The van der Waals surface area contributed by atoms with E-state index in [0.717, 1.165) is 5.57 Å². The monoisotopic (exact) mass is 697 g/mol. The average molecular weight is 698 g/mol. The van der Waals surface area contributed by atoms with E-state index in [4.69, 9.17) is 33.2 Å². The number of likely N-dealkylation sites (N-methyl/N-ethyl adjacent to an activating group) is 1. The number of esters is 1. The molecule has 0 amide bonds. The van der Waals surface area contributed by atoms with Crippen LogP contribution in [0.4, 0.5) is 0 Å². The molecule has 0 radical (unpaired) electrons. The molecule has 3 fully saturated rings. The van der Waals surface area contributed by atoms with Crippen LogP contribution in [-0.2, 0) is 42.7 Å². The molecule has 0 saturated carbocycles. The number of aliphatic hydroxyl groups excluding tert-OH is 2. The molecule has 0 aromatic rings. The van der Waals surface area contributed by atoms with Crippen molar-refractivity contribution in [1.29, 1.82) is 0 Å². The number of nitrogens with zero attached hydrogens (tertiary/aromatic N) is 1. The van der Waals surface area contributed by atoms with Gasteiger partial charge in [0.15, 0.2) is 24.0 Å². The number of ketones is 1. The van der Waals surface area contributed by atoms with E-state index in [2.05, 4.69) is 0 Å². The van der Waals surface area contributed by atoms with Gasteiger partial charge in [0.05, 0.1) is 36.3 Å². The highest BCUT2D eigenvalue weighted by molar-refractivity contribution is 5.92. The lowest BCUT2D eigenvalue weighted by Crippen LogP contribution is -2.59. The molecule has 0 unspecified atom stereocenters.